The second-order valence-corrected chi connectivity index (χ2v) is 5.92. The molecule has 4 nitrogen and oxygen atoms in total. The van der Waals surface area contributed by atoms with Crippen molar-refractivity contribution in [2.45, 2.75) is 26.4 Å². The summed E-state index contributed by atoms with van der Waals surface area (Å²) in [5.74, 6) is 0.579. The minimum Gasteiger partial charge on any atom is -0.488 e. The average molecular weight is 276 g/mol. The Labute approximate surface area is 116 Å². The van der Waals surface area contributed by atoms with Gasteiger partial charge in [0.25, 0.3) is 5.91 Å². The number of benzene rings is 1. The van der Waals surface area contributed by atoms with Gasteiger partial charge in [-0.25, -0.2) is 4.98 Å². The Morgan fingerprint density at radius 1 is 1.26 bits per heavy atom. The summed E-state index contributed by atoms with van der Waals surface area (Å²) >= 11 is 1.39. The summed E-state index contributed by atoms with van der Waals surface area (Å²) in [5.41, 5.74) is 0.335. The number of carbonyl (C=O) groups is 1. The van der Waals surface area contributed by atoms with E-state index in [1.165, 1.54) is 11.3 Å². The van der Waals surface area contributed by atoms with Crippen molar-refractivity contribution < 1.29 is 9.53 Å². The molecule has 1 heterocycles. The van der Waals surface area contributed by atoms with Gasteiger partial charge in [0.1, 0.15) is 11.4 Å². The quantitative estimate of drug-likeness (QED) is 0.932. The number of amides is 1. The fourth-order valence-electron chi connectivity index (χ4n) is 1.48. The van der Waals surface area contributed by atoms with E-state index in [0.29, 0.717) is 10.7 Å². The number of hydrogen-bond acceptors (Lipinski definition) is 4. The summed E-state index contributed by atoms with van der Waals surface area (Å²) in [4.78, 5) is 15.9. The summed E-state index contributed by atoms with van der Waals surface area (Å²) in [6.45, 7) is 5.95. The fourth-order valence-corrected chi connectivity index (χ4v) is 2.01. The molecule has 0 radical (unpaired) electrons. The molecule has 2 aromatic rings. The molecule has 1 aromatic heterocycles. The maximum Gasteiger partial charge on any atom is 0.257 e. The zero-order chi connectivity index (χ0) is 13.9. The van der Waals surface area contributed by atoms with Crippen molar-refractivity contribution in [3.63, 3.8) is 0 Å². The first-order valence-electron chi connectivity index (χ1n) is 5.94. The third kappa shape index (κ3) is 4.06. The van der Waals surface area contributed by atoms with Crippen molar-refractivity contribution in [3.8, 4) is 5.75 Å². The van der Waals surface area contributed by atoms with Crippen molar-refractivity contribution in [1.82, 2.24) is 4.98 Å². The number of ether oxygens (including phenoxy) is 1. The third-order valence-electron chi connectivity index (χ3n) is 2.19. The van der Waals surface area contributed by atoms with Crippen LogP contribution in [0.25, 0.3) is 0 Å². The van der Waals surface area contributed by atoms with E-state index in [2.05, 4.69) is 10.3 Å². The highest BCUT2D eigenvalue weighted by Crippen LogP contribution is 2.19. The van der Waals surface area contributed by atoms with Crippen molar-refractivity contribution in [1.29, 1.82) is 0 Å². The number of hydrogen-bond donors (Lipinski definition) is 1. The first-order valence-corrected chi connectivity index (χ1v) is 6.82. The van der Waals surface area contributed by atoms with Crippen LogP contribution >= 0.6 is 11.3 Å². The van der Waals surface area contributed by atoms with Crippen LogP contribution in [0.4, 0.5) is 5.13 Å². The summed E-state index contributed by atoms with van der Waals surface area (Å²) in [7, 11) is 0. The summed E-state index contributed by atoms with van der Waals surface area (Å²) in [6, 6.07) is 7.07. The normalized spacial score (nSPS) is 11.1. The van der Waals surface area contributed by atoms with Gasteiger partial charge < -0.3 is 4.74 Å². The van der Waals surface area contributed by atoms with E-state index in [9.17, 15) is 4.79 Å². The zero-order valence-corrected chi connectivity index (χ0v) is 12.0. The van der Waals surface area contributed by atoms with Crippen LogP contribution < -0.4 is 10.1 Å². The van der Waals surface area contributed by atoms with Crippen molar-refractivity contribution in [2.24, 2.45) is 0 Å². The predicted molar refractivity (Wildman–Crippen MR) is 76.9 cm³/mol. The molecular formula is C14H16N2O2S. The minimum atomic E-state index is -0.245. The van der Waals surface area contributed by atoms with Crippen LogP contribution in [0.1, 0.15) is 31.1 Å². The highest BCUT2D eigenvalue weighted by Gasteiger charge is 2.12. The number of nitrogens with one attached hydrogen (secondary N) is 1. The molecule has 1 aromatic carbocycles. The molecule has 0 aliphatic heterocycles. The zero-order valence-electron chi connectivity index (χ0n) is 11.1. The van der Waals surface area contributed by atoms with Gasteiger partial charge in [0.05, 0.1) is 0 Å². The van der Waals surface area contributed by atoms with Crippen LogP contribution in [0.5, 0.6) is 5.75 Å². The molecule has 2 rings (SSSR count). The Morgan fingerprint density at radius 2 is 1.95 bits per heavy atom. The van der Waals surface area contributed by atoms with Gasteiger partial charge in [-0.05, 0) is 45.0 Å². The number of anilines is 1. The monoisotopic (exact) mass is 276 g/mol. The second-order valence-electron chi connectivity index (χ2n) is 5.03. The lowest BCUT2D eigenvalue weighted by atomic mass is 10.1. The van der Waals surface area contributed by atoms with Crippen LogP contribution in [-0.2, 0) is 0 Å². The van der Waals surface area contributed by atoms with E-state index in [-0.39, 0.29) is 11.5 Å². The van der Waals surface area contributed by atoms with E-state index >= 15 is 0 Å². The molecule has 0 saturated carbocycles. The Kier molecular flexibility index (Phi) is 3.85. The highest BCUT2D eigenvalue weighted by atomic mass is 32.1. The van der Waals surface area contributed by atoms with Crippen LogP contribution in [0.15, 0.2) is 35.8 Å². The molecule has 0 atom stereocenters. The Morgan fingerprint density at radius 3 is 2.47 bits per heavy atom. The second kappa shape index (κ2) is 5.40. The van der Waals surface area contributed by atoms with Crippen molar-refractivity contribution in [3.05, 3.63) is 41.4 Å². The molecule has 0 spiro atoms. The molecule has 5 heteroatoms. The molecule has 0 aliphatic carbocycles. The third-order valence-corrected chi connectivity index (χ3v) is 2.88. The average Bonchev–Trinajstić information content (AvgIpc) is 2.80. The van der Waals surface area contributed by atoms with Gasteiger partial charge in [-0.1, -0.05) is 0 Å². The molecular weight excluding hydrogens is 260 g/mol. The van der Waals surface area contributed by atoms with Gasteiger partial charge in [-0.2, -0.15) is 0 Å². The molecule has 19 heavy (non-hydrogen) atoms. The summed E-state index contributed by atoms with van der Waals surface area (Å²) < 4.78 is 5.70. The molecule has 0 aliphatic rings. The standard InChI is InChI=1S/C14H16N2O2S/c1-14(2,3)18-11-6-4-10(5-7-11)12(17)16-13-15-8-9-19-13/h4-9H,1-3H3,(H,15,16,17). The number of carbonyl (C=O) groups excluding carboxylic acids is 1. The molecule has 0 unspecified atom stereocenters. The number of nitrogens with zero attached hydrogens (tertiary/aromatic N) is 1. The van der Waals surface area contributed by atoms with Crippen molar-refractivity contribution >= 4 is 22.4 Å². The first-order chi connectivity index (χ1) is 8.94. The number of rotatable bonds is 3. The first kappa shape index (κ1) is 13.5. The maximum atomic E-state index is 11.9. The minimum absolute atomic E-state index is 0.169. The van der Waals surface area contributed by atoms with Crippen LogP contribution in [0.2, 0.25) is 0 Å². The Hall–Kier alpha value is -1.88. The SMILES string of the molecule is CC(C)(C)Oc1ccc(C(=O)Nc2nccs2)cc1. The van der Waals surface area contributed by atoms with Crippen molar-refractivity contribution in [2.75, 3.05) is 5.32 Å². The lowest BCUT2D eigenvalue weighted by Crippen LogP contribution is -2.23. The smallest absolute Gasteiger partial charge is 0.257 e. The van der Waals surface area contributed by atoms with E-state index in [4.69, 9.17) is 4.74 Å². The Bertz CT molecular complexity index is 542. The summed E-state index contributed by atoms with van der Waals surface area (Å²) in [5, 5.41) is 5.15. The molecule has 1 amide bonds. The topological polar surface area (TPSA) is 51.2 Å². The van der Waals surface area contributed by atoms with E-state index in [0.717, 1.165) is 5.75 Å². The molecule has 0 saturated heterocycles. The summed E-state index contributed by atoms with van der Waals surface area (Å²) in [6.07, 6.45) is 1.65. The van der Waals surface area contributed by atoms with Crippen LogP contribution in [-0.4, -0.2) is 16.5 Å². The molecule has 0 bridgehead atoms. The van der Waals surface area contributed by atoms with E-state index < -0.39 is 0 Å². The van der Waals surface area contributed by atoms with Crippen LogP contribution in [0.3, 0.4) is 0 Å². The molecule has 0 fully saturated rings. The van der Waals surface area contributed by atoms with Gasteiger partial charge in [0.2, 0.25) is 0 Å². The lowest BCUT2D eigenvalue weighted by Gasteiger charge is -2.21. The fraction of sp³-hybridized carbons (Fsp3) is 0.286. The lowest BCUT2D eigenvalue weighted by molar-refractivity contribution is 0.102. The van der Waals surface area contributed by atoms with E-state index in [1.54, 1.807) is 30.5 Å². The number of thiazole rings is 1. The maximum absolute atomic E-state index is 11.9. The van der Waals surface area contributed by atoms with Gasteiger partial charge in [-0.15, -0.1) is 11.3 Å². The largest absolute Gasteiger partial charge is 0.488 e. The Balaban J connectivity index is 2.04. The molecule has 1 N–H and O–H groups in total. The van der Waals surface area contributed by atoms with Gasteiger partial charge in [-0.3, -0.25) is 10.1 Å². The predicted octanol–water partition coefficient (Wildman–Crippen LogP) is 3.57. The highest BCUT2D eigenvalue weighted by molar-refractivity contribution is 7.13. The van der Waals surface area contributed by atoms with Gasteiger partial charge >= 0.3 is 0 Å². The van der Waals surface area contributed by atoms with Gasteiger partial charge in [0, 0.05) is 17.1 Å². The van der Waals surface area contributed by atoms with Gasteiger partial charge in [0.15, 0.2) is 5.13 Å². The van der Waals surface area contributed by atoms with E-state index in [1.807, 2.05) is 26.2 Å². The number of aromatic nitrogens is 1. The molecule has 100 valence electrons. The van der Waals surface area contributed by atoms with Crippen LogP contribution in [0, 0.1) is 0 Å².